The summed E-state index contributed by atoms with van der Waals surface area (Å²) in [6.45, 7) is 2.23. The number of amides is 2. The normalized spacial score (nSPS) is 14.0. The van der Waals surface area contributed by atoms with Crippen molar-refractivity contribution in [2.24, 2.45) is 5.92 Å². The lowest BCUT2D eigenvalue weighted by molar-refractivity contribution is 0.0601. The second-order valence-corrected chi connectivity index (χ2v) is 9.90. The Balaban J connectivity index is 1.32. The highest BCUT2D eigenvalue weighted by atomic mass is 79.9. The molecule has 1 saturated heterocycles. The predicted molar refractivity (Wildman–Crippen MR) is 137 cm³/mol. The molecular weight excluding hydrogens is 518 g/mol. The van der Waals surface area contributed by atoms with Crippen LogP contribution in [0.5, 0.6) is 5.75 Å². The van der Waals surface area contributed by atoms with Crippen LogP contribution in [-0.4, -0.2) is 43.6 Å². The fraction of sp³-hybridized carbons (Fsp3) is 0.280. The van der Waals surface area contributed by atoms with Crippen LogP contribution in [0.4, 0.5) is 16.2 Å². The second kappa shape index (κ2) is 10.9. The first-order valence-corrected chi connectivity index (χ1v) is 12.6. The number of anilines is 2. The van der Waals surface area contributed by atoms with Crippen LogP contribution in [0.1, 0.15) is 22.5 Å². The number of likely N-dealkylation sites (tertiary alicyclic amines) is 1. The molecule has 2 heterocycles. The molecule has 2 aromatic carbocycles. The number of rotatable bonds is 6. The zero-order valence-corrected chi connectivity index (χ0v) is 21.1. The lowest BCUT2D eigenvalue weighted by atomic mass is 9.97. The van der Waals surface area contributed by atoms with E-state index in [2.05, 4.69) is 26.6 Å². The van der Waals surface area contributed by atoms with E-state index >= 15 is 0 Å². The van der Waals surface area contributed by atoms with Gasteiger partial charge in [0, 0.05) is 31.0 Å². The third-order valence-corrected chi connectivity index (χ3v) is 8.05. The van der Waals surface area contributed by atoms with Crippen LogP contribution in [-0.2, 0) is 9.84 Å². The first kappa shape index (κ1) is 24.1. The molecule has 1 aromatic heterocycles. The molecule has 1 aliphatic rings. The standard InChI is InChI=1S/C25H25BrN3O4S/c1-33-24(31)23-21(30)20(26)22(34-23)17-6-5-9-19(14-17)27-15-16-10-12-29(13-11-16)25(32)28-18-7-3-2-4-8-18/h2-9,14,16,27H,10-13,15H2,1H3,(H,28,32). The lowest BCUT2D eigenvalue weighted by Gasteiger charge is -2.32. The number of ether oxygens (including phenoxy) is 1. The summed E-state index contributed by atoms with van der Waals surface area (Å²) in [7, 11) is 1.26. The summed E-state index contributed by atoms with van der Waals surface area (Å²) < 4.78 is 5.08. The summed E-state index contributed by atoms with van der Waals surface area (Å²) in [6.07, 6.45) is 1.85. The zero-order chi connectivity index (χ0) is 24.1. The van der Waals surface area contributed by atoms with Crippen molar-refractivity contribution in [2.75, 3.05) is 37.4 Å². The molecule has 0 saturated carbocycles. The maximum absolute atomic E-state index is 12.5. The molecule has 0 spiro atoms. The van der Waals surface area contributed by atoms with Crippen molar-refractivity contribution in [3.05, 3.63) is 63.9 Å². The number of nitrogens with zero attached hydrogens (tertiary/aromatic N) is 1. The van der Waals surface area contributed by atoms with Crippen LogP contribution in [0, 0.1) is 5.92 Å². The Labute approximate surface area is 210 Å². The number of thiophene rings is 1. The number of hydrogen-bond acceptors (Lipinski definition) is 5. The largest absolute Gasteiger partial charge is 0.465 e. The van der Waals surface area contributed by atoms with E-state index in [4.69, 9.17) is 4.74 Å². The molecule has 0 unspecified atom stereocenters. The van der Waals surface area contributed by atoms with Gasteiger partial charge in [0.15, 0.2) is 4.88 Å². The van der Waals surface area contributed by atoms with Crippen molar-refractivity contribution in [1.29, 1.82) is 0 Å². The number of nitrogens with one attached hydrogen (secondary N) is 2. The number of para-hydroxylation sites is 1. The Bertz CT molecular complexity index is 1160. The topological polar surface area (TPSA) is 90.6 Å². The van der Waals surface area contributed by atoms with Crippen LogP contribution in [0.2, 0.25) is 0 Å². The smallest absolute Gasteiger partial charge is 0.352 e. The Morgan fingerprint density at radius 3 is 2.50 bits per heavy atom. The fourth-order valence-corrected chi connectivity index (χ4v) is 5.70. The van der Waals surface area contributed by atoms with Crippen LogP contribution in [0.25, 0.3) is 10.4 Å². The maximum atomic E-state index is 12.5. The Hall–Kier alpha value is -3.04. The molecule has 177 valence electrons. The molecule has 0 bridgehead atoms. The molecule has 2 amide bonds. The quantitative estimate of drug-likeness (QED) is 0.349. The van der Waals surface area contributed by atoms with Crippen LogP contribution in [0.3, 0.4) is 0 Å². The van der Waals surface area contributed by atoms with Gasteiger partial charge in [-0.05, 0) is 64.5 Å². The second-order valence-electron chi connectivity index (χ2n) is 8.08. The Morgan fingerprint density at radius 2 is 1.79 bits per heavy atom. The monoisotopic (exact) mass is 542 g/mol. The molecule has 3 aromatic rings. The van der Waals surface area contributed by atoms with E-state index in [-0.39, 0.29) is 16.7 Å². The predicted octanol–water partition coefficient (Wildman–Crippen LogP) is 6.46. The van der Waals surface area contributed by atoms with Gasteiger partial charge in [0.25, 0.3) is 0 Å². The molecule has 2 N–H and O–H groups in total. The van der Waals surface area contributed by atoms with E-state index in [1.54, 1.807) is 0 Å². The number of hydrogen-bond donors (Lipinski definition) is 2. The van der Waals surface area contributed by atoms with Gasteiger partial charge in [0.1, 0.15) is 0 Å². The van der Waals surface area contributed by atoms with E-state index in [0.29, 0.717) is 15.3 Å². The molecule has 1 radical (unpaired) electrons. The molecule has 7 nitrogen and oxygen atoms in total. The Morgan fingerprint density at radius 1 is 1.09 bits per heavy atom. The van der Waals surface area contributed by atoms with Crippen molar-refractivity contribution in [1.82, 2.24) is 4.90 Å². The average Bonchev–Trinajstić information content (AvgIpc) is 3.17. The summed E-state index contributed by atoms with van der Waals surface area (Å²) >= 11 is 4.46. The average molecular weight is 543 g/mol. The summed E-state index contributed by atoms with van der Waals surface area (Å²) in [5.41, 5.74) is 2.59. The van der Waals surface area contributed by atoms with Crippen LogP contribution in [0.15, 0.2) is 59.1 Å². The zero-order valence-electron chi connectivity index (χ0n) is 18.7. The maximum Gasteiger partial charge on any atom is 0.352 e. The molecule has 1 aliphatic heterocycles. The summed E-state index contributed by atoms with van der Waals surface area (Å²) in [5, 5.41) is 18.8. The number of esters is 1. The number of methoxy groups -OCH3 is 1. The first-order valence-electron chi connectivity index (χ1n) is 11.0. The highest BCUT2D eigenvalue weighted by Gasteiger charge is 2.25. The highest BCUT2D eigenvalue weighted by Crippen LogP contribution is 2.45. The van der Waals surface area contributed by atoms with E-state index in [1.807, 2.05) is 59.5 Å². The van der Waals surface area contributed by atoms with Gasteiger partial charge in [-0.1, -0.05) is 30.3 Å². The van der Waals surface area contributed by atoms with Crippen LogP contribution < -0.4 is 10.6 Å². The van der Waals surface area contributed by atoms with Crippen molar-refractivity contribution >= 4 is 50.6 Å². The van der Waals surface area contributed by atoms with Gasteiger partial charge in [0.05, 0.1) is 16.5 Å². The molecule has 34 heavy (non-hydrogen) atoms. The minimum Gasteiger partial charge on any atom is -0.465 e. The van der Waals surface area contributed by atoms with E-state index in [9.17, 15) is 14.7 Å². The minimum atomic E-state index is -0.625. The minimum absolute atomic E-state index is 0.0594. The van der Waals surface area contributed by atoms with Gasteiger partial charge in [-0.2, -0.15) is 0 Å². The summed E-state index contributed by atoms with van der Waals surface area (Å²) in [5.74, 6) is -0.523. The molecule has 9 heteroatoms. The fourth-order valence-electron chi connectivity index (χ4n) is 3.91. The number of carbonyl (C=O) groups is 2. The van der Waals surface area contributed by atoms with E-state index < -0.39 is 5.97 Å². The third-order valence-electron chi connectivity index (χ3n) is 5.83. The highest BCUT2D eigenvalue weighted by molar-refractivity contribution is 9.10. The molecule has 0 aliphatic carbocycles. The first-order chi connectivity index (χ1) is 16.5. The van der Waals surface area contributed by atoms with Crippen molar-refractivity contribution in [3.8, 4) is 16.2 Å². The van der Waals surface area contributed by atoms with Crippen molar-refractivity contribution in [3.63, 3.8) is 0 Å². The molecule has 0 atom stereocenters. The number of urea groups is 1. The van der Waals surface area contributed by atoms with Gasteiger partial charge >= 0.3 is 12.0 Å². The van der Waals surface area contributed by atoms with Gasteiger partial charge < -0.3 is 20.3 Å². The Kier molecular flexibility index (Phi) is 7.74. The van der Waals surface area contributed by atoms with Gasteiger partial charge in [0.2, 0.25) is 5.75 Å². The molecule has 4 rings (SSSR count). The van der Waals surface area contributed by atoms with Crippen molar-refractivity contribution in [2.45, 2.75) is 12.8 Å². The van der Waals surface area contributed by atoms with Crippen molar-refractivity contribution < 1.29 is 19.4 Å². The van der Waals surface area contributed by atoms with Gasteiger partial charge in [-0.3, -0.25) is 5.11 Å². The summed E-state index contributed by atoms with van der Waals surface area (Å²) in [4.78, 5) is 27.0. The SMILES string of the molecule is COC(=O)c1sc(-c2cccc(NCC3CCN(C(=O)Nc4ccccc4)CC3)c2)c(Br)c1[O]. The molecule has 1 fully saturated rings. The number of piperidine rings is 1. The van der Waals surface area contributed by atoms with E-state index in [0.717, 1.165) is 60.8 Å². The van der Waals surface area contributed by atoms with Crippen LogP contribution >= 0.6 is 27.3 Å². The third kappa shape index (κ3) is 5.53. The summed E-state index contributed by atoms with van der Waals surface area (Å²) in [6, 6.07) is 17.2. The number of benzene rings is 2. The van der Waals surface area contributed by atoms with Gasteiger partial charge in [-0.25, -0.2) is 9.59 Å². The van der Waals surface area contributed by atoms with E-state index in [1.165, 1.54) is 7.11 Å². The molecular formula is C25H25BrN3O4S. The number of carbonyl (C=O) groups excluding carboxylic acids is 2. The lowest BCUT2D eigenvalue weighted by Crippen LogP contribution is -2.42. The number of halogens is 1. The van der Waals surface area contributed by atoms with Gasteiger partial charge in [-0.15, -0.1) is 11.3 Å².